The van der Waals surface area contributed by atoms with Crippen LogP contribution in [0.3, 0.4) is 0 Å². The Morgan fingerprint density at radius 3 is 2.35 bits per heavy atom. The minimum Gasteiger partial charge on any atom is -0.299 e. The Kier molecular flexibility index (Phi) is 4.21. The molecule has 1 aliphatic heterocycles. The molecule has 3 rings (SSSR count). The van der Waals surface area contributed by atoms with Gasteiger partial charge in [0.05, 0.1) is 20.3 Å². The molecule has 0 spiro atoms. The number of allylic oxidation sites excluding steroid dienone is 6. The molecule has 2 unspecified atom stereocenters. The van der Waals surface area contributed by atoms with Crippen molar-refractivity contribution >= 4 is 0 Å². The van der Waals surface area contributed by atoms with E-state index in [0.717, 1.165) is 16.9 Å². The smallest absolute Gasteiger partial charge is 0.101 e. The van der Waals surface area contributed by atoms with Gasteiger partial charge in [0.15, 0.2) is 0 Å². The largest absolute Gasteiger partial charge is 0.299 e. The lowest BCUT2D eigenvalue weighted by atomic mass is 9.54. The van der Waals surface area contributed by atoms with Crippen molar-refractivity contribution in [3.05, 3.63) is 47.7 Å². The van der Waals surface area contributed by atoms with Crippen LogP contribution in [0.4, 0.5) is 0 Å². The van der Waals surface area contributed by atoms with Crippen molar-refractivity contribution in [1.82, 2.24) is 0 Å². The predicted octanol–water partition coefficient (Wildman–Crippen LogP) is 5.63. The summed E-state index contributed by atoms with van der Waals surface area (Å²) in [6, 6.07) is 0. The van der Waals surface area contributed by atoms with Crippen molar-refractivity contribution in [2.45, 2.75) is 52.9 Å². The molecule has 0 aromatic heterocycles. The van der Waals surface area contributed by atoms with Crippen molar-refractivity contribution in [3.63, 3.8) is 0 Å². The van der Waals surface area contributed by atoms with Crippen LogP contribution in [0.25, 0.3) is 0 Å². The lowest BCUT2D eigenvalue weighted by molar-refractivity contribution is -0.833. The molecular weight excluding hydrogens is 278 g/mol. The van der Waals surface area contributed by atoms with Gasteiger partial charge < -0.3 is 0 Å². The maximum absolute atomic E-state index is 2.53. The molecule has 0 N–H and O–H groups in total. The molecule has 0 amide bonds. The first-order chi connectivity index (χ1) is 10.7. The molecular formula is C22H34N+. The highest BCUT2D eigenvalue weighted by Crippen LogP contribution is 2.57. The van der Waals surface area contributed by atoms with E-state index in [1.807, 2.05) is 0 Å². The fourth-order valence-corrected chi connectivity index (χ4v) is 5.35. The monoisotopic (exact) mass is 312 g/mol. The lowest BCUT2D eigenvalue weighted by Crippen LogP contribution is -2.43. The third-order valence-electron chi connectivity index (χ3n) is 5.84. The first kappa shape index (κ1) is 16.8. The second-order valence-electron chi connectivity index (χ2n) is 9.52. The standard InChI is InChI=1S/C22H34N/c1-18-14-21(2,3)17-22(15-18,19-10-7-6-8-11-19)20-12-9-13-23(4,5)16-20/h7,9-12,16,18H,6,8,13-15,17H2,1-5H3/q+1. The number of hydrogen-bond donors (Lipinski definition) is 0. The number of quaternary nitrogens is 1. The van der Waals surface area contributed by atoms with Crippen molar-refractivity contribution < 1.29 is 4.48 Å². The van der Waals surface area contributed by atoms with Crippen LogP contribution < -0.4 is 0 Å². The molecule has 0 saturated heterocycles. The molecule has 0 radical (unpaired) electrons. The summed E-state index contributed by atoms with van der Waals surface area (Å²) in [5.74, 6) is 0.779. The van der Waals surface area contributed by atoms with E-state index >= 15 is 0 Å². The maximum atomic E-state index is 2.53. The quantitative estimate of drug-likeness (QED) is 0.580. The van der Waals surface area contributed by atoms with Crippen molar-refractivity contribution in [2.24, 2.45) is 16.7 Å². The highest BCUT2D eigenvalue weighted by Gasteiger charge is 2.47. The fraction of sp³-hybridized carbons (Fsp3) is 0.636. The predicted molar refractivity (Wildman–Crippen MR) is 99.9 cm³/mol. The zero-order valence-corrected chi connectivity index (χ0v) is 15.7. The van der Waals surface area contributed by atoms with E-state index in [-0.39, 0.29) is 5.41 Å². The zero-order chi connectivity index (χ0) is 16.7. The Morgan fingerprint density at radius 1 is 1.00 bits per heavy atom. The minimum absolute atomic E-state index is 0.213. The molecule has 3 aliphatic rings. The van der Waals surface area contributed by atoms with Gasteiger partial charge in [-0.15, -0.1) is 0 Å². The topological polar surface area (TPSA) is 0 Å². The summed E-state index contributed by atoms with van der Waals surface area (Å²) in [5.41, 5.74) is 3.77. The van der Waals surface area contributed by atoms with E-state index in [9.17, 15) is 0 Å². The van der Waals surface area contributed by atoms with Crippen LogP contribution in [-0.4, -0.2) is 25.1 Å². The molecule has 0 aromatic carbocycles. The Hall–Kier alpha value is -1.08. The van der Waals surface area contributed by atoms with E-state index in [0.29, 0.717) is 5.41 Å². The first-order valence-corrected chi connectivity index (χ1v) is 9.32. The maximum Gasteiger partial charge on any atom is 0.101 e. The van der Waals surface area contributed by atoms with Crippen LogP contribution in [0.2, 0.25) is 0 Å². The van der Waals surface area contributed by atoms with E-state index in [1.165, 1.54) is 32.1 Å². The Morgan fingerprint density at radius 2 is 1.74 bits per heavy atom. The van der Waals surface area contributed by atoms with Gasteiger partial charge in [-0.05, 0) is 55.1 Å². The van der Waals surface area contributed by atoms with Gasteiger partial charge in [0.1, 0.15) is 6.54 Å². The first-order valence-electron chi connectivity index (χ1n) is 9.32. The van der Waals surface area contributed by atoms with Gasteiger partial charge >= 0.3 is 0 Å². The van der Waals surface area contributed by atoms with Gasteiger partial charge in [0, 0.05) is 11.0 Å². The average Bonchev–Trinajstić information content (AvgIpc) is 2.45. The van der Waals surface area contributed by atoms with Crippen LogP contribution in [0.15, 0.2) is 47.7 Å². The molecule has 1 heteroatoms. The Labute approximate surface area is 143 Å². The normalized spacial score (nSPS) is 35.6. The van der Waals surface area contributed by atoms with Crippen LogP contribution in [0.1, 0.15) is 52.9 Å². The van der Waals surface area contributed by atoms with Gasteiger partial charge in [-0.1, -0.05) is 45.1 Å². The van der Waals surface area contributed by atoms with E-state index < -0.39 is 0 Å². The van der Waals surface area contributed by atoms with E-state index in [1.54, 1.807) is 11.1 Å². The summed E-state index contributed by atoms with van der Waals surface area (Å²) in [5, 5.41) is 0. The van der Waals surface area contributed by atoms with Gasteiger partial charge in [-0.25, -0.2) is 0 Å². The summed E-state index contributed by atoms with van der Waals surface area (Å²) >= 11 is 0. The van der Waals surface area contributed by atoms with Crippen LogP contribution in [0.5, 0.6) is 0 Å². The lowest BCUT2D eigenvalue weighted by Gasteiger charge is -2.50. The third kappa shape index (κ3) is 3.40. The van der Waals surface area contributed by atoms with Gasteiger partial charge in [-0.3, -0.25) is 4.48 Å². The van der Waals surface area contributed by atoms with E-state index in [2.05, 4.69) is 71.4 Å². The molecule has 1 nitrogen and oxygen atoms in total. The molecule has 1 heterocycles. The van der Waals surface area contributed by atoms with Crippen LogP contribution in [0, 0.1) is 16.7 Å². The zero-order valence-electron chi connectivity index (χ0n) is 15.7. The highest BCUT2D eigenvalue weighted by molar-refractivity contribution is 5.44. The molecule has 2 aliphatic carbocycles. The summed E-state index contributed by atoms with van der Waals surface area (Å²) in [7, 11) is 4.64. The molecule has 23 heavy (non-hydrogen) atoms. The molecule has 2 atom stereocenters. The van der Waals surface area contributed by atoms with Crippen LogP contribution >= 0.6 is 0 Å². The fourth-order valence-electron chi connectivity index (χ4n) is 5.35. The summed E-state index contributed by atoms with van der Waals surface area (Å²) < 4.78 is 0.972. The Bertz CT molecular complexity index is 585. The molecule has 1 fully saturated rings. The SMILES string of the molecule is CC1CC(C)(C)CC(C2=CCCC=C2)(C2=C[N+](C)(C)CC=C2)C1. The minimum atomic E-state index is 0.213. The number of likely N-dealkylation sites (N-methyl/N-ethyl adjacent to an activating group) is 1. The van der Waals surface area contributed by atoms with Gasteiger partial charge in [0.25, 0.3) is 0 Å². The second kappa shape index (κ2) is 5.77. The van der Waals surface area contributed by atoms with Crippen molar-refractivity contribution in [2.75, 3.05) is 20.6 Å². The average molecular weight is 313 g/mol. The number of hydrogen-bond acceptors (Lipinski definition) is 0. The van der Waals surface area contributed by atoms with E-state index in [4.69, 9.17) is 0 Å². The summed E-state index contributed by atoms with van der Waals surface area (Å²) in [6.07, 6.45) is 21.0. The highest BCUT2D eigenvalue weighted by atomic mass is 15.3. The Balaban J connectivity index is 2.11. The summed E-state index contributed by atoms with van der Waals surface area (Å²) in [6.45, 7) is 8.50. The van der Waals surface area contributed by atoms with Crippen molar-refractivity contribution in [1.29, 1.82) is 0 Å². The molecule has 0 bridgehead atoms. The second-order valence-corrected chi connectivity index (χ2v) is 9.52. The van der Waals surface area contributed by atoms with Gasteiger partial charge in [-0.2, -0.15) is 0 Å². The third-order valence-corrected chi connectivity index (χ3v) is 5.84. The van der Waals surface area contributed by atoms with Crippen LogP contribution in [-0.2, 0) is 0 Å². The molecule has 0 aromatic rings. The number of rotatable bonds is 2. The number of nitrogens with zero attached hydrogens (tertiary/aromatic N) is 1. The molecule has 1 saturated carbocycles. The van der Waals surface area contributed by atoms with Gasteiger partial charge in [0.2, 0.25) is 0 Å². The van der Waals surface area contributed by atoms with Crippen molar-refractivity contribution in [3.8, 4) is 0 Å². The molecule has 126 valence electrons. The summed E-state index contributed by atoms with van der Waals surface area (Å²) in [4.78, 5) is 0.